The molecule has 0 amide bonds. The van der Waals surface area contributed by atoms with Crippen LogP contribution in [0, 0.1) is 0 Å². The number of thioether (sulfide) groups is 1. The minimum absolute atomic E-state index is 0.143. The van der Waals surface area contributed by atoms with Gasteiger partial charge in [0.25, 0.3) is 5.56 Å². The smallest absolute Gasteiger partial charge is 0.258 e. The molecule has 2 aromatic carbocycles. The largest absolute Gasteiger partial charge is 0.486 e. The minimum Gasteiger partial charge on any atom is -0.486 e. The average molecular weight is 454 g/mol. The number of aromatic nitrogens is 5. The van der Waals surface area contributed by atoms with E-state index in [1.807, 2.05) is 29.7 Å². The van der Waals surface area contributed by atoms with Crippen LogP contribution in [0.1, 0.15) is 23.8 Å². The molecular formula is C22H20ClN5O2S. The molecule has 158 valence electrons. The summed E-state index contributed by atoms with van der Waals surface area (Å²) in [5.74, 6) is 1.95. The lowest BCUT2D eigenvalue weighted by atomic mass is 10.2. The molecule has 1 N–H and O–H groups in total. The molecule has 0 aliphatic rings. The van der Waals surface area contributed by atoms with Gasteiger partial charge in [-0.1, -0.05) is 41.6 Å². The first kappa shape index (κ1) is 21.1. The zero-order valence-electron chi connectivity index (χ0n) is 16.8. The molecule has 0 spiro atoms. The van der Waals surface area contributed by atoms with E-state index in [-0.39, 0.29) is 17.4 Å². The number of nitrogens with one attached hydrogen (secondary N) is 1. The van der Waals surface area contributed by atoms with Crippen LogP contribution in [0.2, 0.25) is 5.02 Å². The van der Waals surface area contributed by atoms with Crippen molar-refractivity contribution >= 4 is 34.3 Å². The number of hydrogen-bond acceptors (Lipinski definition) is 6. The van der Waals surface area contributed by atoms with Gasteiger partial charge in [0.1, 0.15) is 18.2 Å². The SMILES string of the molecule is C=CCn1c(COc2ccc(Cl)cc2)nnc1SC(C)c1nc2ccccc2c(=O)[nH]1. The van der Waals surface area contributed by atoms with Crippen molar-refractivity contribution in [3.05, 3.63) is 88.2 Å². The van der Waals surface area contributed by atoms with Crippen molar-refractivity contribution in [1.29, 1.82) is 0 Å². The standard InChI is InChI=1S/C22H20ClN5O2S/c1-3-12-28-19(13-30-16-10-8-15(23)9-11-16)26-27-22(28)31-14(2)20-24-18-7-5-4-6-17(18)21(29)25-20/h3-11,14H,1,12-13H2,2H3,(H,24,25,29). The fourth-order valence-electron chi connectivity index (χ4n) is 3.02. The maximum atomic E-state index is 12.4. The second-order valence-electron chi connectivity index (χ2n) is 6.77. The van der Waals surface area contributed by atoms with Gasteiger partial charge in [0.05, 0.1) is 16.2 Å². The summed E-state index contributed by atoms with van der Waals surface area (Å²) in [5.41, 5.74) is 0.510. The molecule has 0 bridgehead atoms. The monoisotopic (exact) mass is 453 g/mol. The molecule has 7 nitrogen and oxygen atoms in total. The second kappa shape index (κ2) is 9.36. The van der Waals surface area contributed by atoms with Gasteiger partial charge in [-0.3, -0.25) is 9.36 Å². The average Bonchev–Trinajstić information content (AvgIpc) is 3.15. The van der Waals surface area contributed by atoms with Crippen LogP contribution in [0.3, 0.4) is 0 Å². The van der Waals surface area contributed by atoms with E-state index in [0.717, 1.165) is 0 Å². The quantitative estimate of drug-likeness (QED) is 0.305. The molecule has 1 unspecified atom stereocenters. The molecule has 0 aliphatic heterocycles. The Morgan fingerprint density at radius 1 is 1.23 bits per heavy atom. The first-order valence-electron chi connectivity index (χ1n) is 9.62. The highest BCUT2D eigenvalue weighted by molar-refractivity contribution is 7.99. The fourth-order valence-corrected chi connectivity index (χ4v) is 4.08. The molecule has 0 aliphatic carbocycles. The zero-order chi connectivity index (χ0) is 21.8. The van der Waals surface area contributed by atoms with Gasteiger partial charge in [0.2, 0.25) is 0 Å². The third-order valence-electron chi connectivity index (χ3n) is 4.59. The fraction of sp³-hybridized carbons (Fsp3) is 0.182. The highest BCUT2D eigenvalue weighted by Crippen LogP contribution is 2.32. The third kappa shape index (κ3) is 4.81. The third-order valence-corrected chi connectivity index (χ3v) is 5.93. The Kier molecular flexibility index (Phi) is 6.39. The number of rotatable bonds is 8. The van der Waals surface area contributed by atoms with Gasteiger partial charge < -0.3 is 9.72 Å². The van der Waals surface area contributed by atoms with Crippen molar-refractivity contribution in [3.63, 3.8) is 0 Å². The van der Waals surface area contributed by atoms with E-state index < -0.39 is 0 Å². The number of allylic oxidation sites excluding steroid dienone is 1. The van der Waals surface area contributed by atoms with Crippen LogP contribution in [0.4, 0.5) is 0 Å². The molecule has 0 saturated heterocycles. The van der Waals surface area contributed by atoms with Gasteiger partial charge in [-0.05, 0) is 43.3 Å². The van der Waals surface area contributed by atoms with Crippen molar-refractivity contribution in [2.45, 2.75) is 30.5 Å². The van der Waals surface area contributed by atoms with Crippen LogP contribution in [0.5, 0.6) is 5.75 Å². The van der Waals surface area contributed by atoms with Crippen molar-refractivity contribution in [3.8, 4) is 5.75 Å². The topological polar surface area (TPSA) is 85.7 Å². The molecular weight excluding hydrogens is 434 g/mol. The van der Waals surface area contributed by atoms with Crippen molar-refractivity contribution in [2.75, 3.05) is 0 Å². The van der Waals surface area contributed by atoms with Crippen LogP contribution in [-0.2, 0) is 13.2 Å². The molecule has 2 aromatic heterocycles. The van der Waals surface area contributed by atoms with Crippen LogP contribution in [0.15, 0.2) is 71.1 Å². The molecule has 0 saturated carbocycles. The van der Waals surface area contributed by atoms with E-state index in [4.69, 9.17) is 16.3 Å². The summed E-state index contributed by atoms with van der Waals surface area (Å²) in [4.78, 5) is 19.9. The number of hydrogen-bond donors (Lipinski definition) is 1. The van der Waals surface area contributed by atoms with Gasteiger partial charge in [-0.15, -0.1) is 16.8 Å². The van der Waals surface area contributed by atoms with E-state index in [9.17, 15) is 4.79 Å². The van der Waals surface area contributed by atoms with Gasteiger partial charge in [0.15, 0.2) is 11.0 Å². The number of nitrogens with zero attached hydrogens (tertiary/aromatic N) is 4. The van der Waals surface area contributed by atoms with E-state index in [0.29, 0.717) is 45.0 Å². The Hall–Kier alpha value is -3.10. The van der Waals surface area contributed by atoms with Gasteiger partial charge in [-0.2, -0.15) is 0 Å². The van der Waals surface area contributed by atoms with Crippen molar-refractivity contribution in [1.82, 2.24) is 24.7 Å². The molecule has 1 atom stereocenters. The summed E-state index contributed by atoms with van der Waals surface area (Å²) in [6.07, 6.45) is 1.78. The summed E-state index contributed by atoms with van der Waals surface area (Å²) in [5, 5.41) is 10.4. The Morgan fingerprint density at radius 2 is 2.00 bits per heavy atom. The Morgan fingerprint density at radius 3 is 2.77 bits per heavy atom. The number of fused-ring (bicyclic) bond motifs is 1. The minimum atomic E-state index is -0.155. The number of halogens is 1. The zero-order valence-corrected chi connectivity index (χ0v) is 18.4. The summed E-state index contributed by atoms with van der Waals surface area (Å²) in [7, 11) is 0. The van der Waals surface area contributed by atoms with E-state index in [2.05, 4.69) is 26.7 Å². The predicted octanol–water partition coefficient (Wildman–Crippen LogP) is 4.79. The molecule has 4 rings (SSSR count). The van der Waals surface area contributed by atoms with Crippen LogP contribution < -0.4 is 10.3 Å². The van der Waals surface area contributed by atoms with Gasteiger partial charge in [0, 0.05) is 11.6 Å². The molecule has 0 radical (unpaired) electrons. The maximum absolute atomic E-state index is 12.4. The van der Waals surface area contributed by atoms with Crippen LogP contribution in [-0.4, -0.2) is 24.7 Å². The van der Waals surface area contributed by atoms with Crippen molar-refractivity contribution in [2.24, 2.45) is 0 Å². The summed E-state index contributed by atoms with van der Waals surface area (Å²) < 4.78 is 7.75. The summed E-state index contributed by atoms with van der Waals surface area (Å²) in [6.45, 7) is 6.58. The molecule has 4 aromatic rings. The Balaban J connectivity index is 1.54. The van der Waals surface area contributed by atoms with Gasteiger partial charge >= 0.3 is 0 Å². The maximum Gasteiger partial charge on any atom is 0.258 e. The number of aromatic amines is 1. The predicted molar refractivity (Wildman–Crippen MR) is 123 cm³/mol. The highest BCUT2D eigenvalue weighted by atomic mass is 35.5. The van der Waals surface area contributed by atoms with E-state index >= 15 is 0 Å². The van der Waals surface area contributed by atoms with E-state index in [1.54, 1.807) is 36.4 Å². The molecule has 0 fully saturated rings. The summed E-state index contributed by atoms with van der Waals surface area (Å²) >= 11 is 7.38. The lowest BCUT2D eigenvalue weighted by Gasteiger charge is -2.13. The molecule has 31 heavy (non-hydrogen) atoms. The van der Waals surface area contributed by atoms with Crippen LogP contribution >= 0.6 is 23.4 Å². The van der Waals surface area contributed by atoms with Crippen LogP contribution in [0.25, 0.3) is 10.9 Å². The van der Waals surface area contributed by atoms with Crippen molar-refractivity contribution < 1.29 is 4.74 Å². The van der Waals surface area contributed by atoms with Gasteiger partial charge in [-0.25, -0.2) is 4.98 Å². The first-order valence-corrected chi connectivity index (χ1v) is 10.9. The Labute approximate surface area is 188 Å². The lowest BCUT2D eigenvalue weighted by Crippen LogP contribution is -2.13. The lowest BCUT2D eigenvalue weighted by molar-refractivity contribution is 0.289. The number of para-hydroxylation sites is 1. The second-order valence-corrected chi connectivity index (χ2v) is 8.51. The molecule has 2 heterocycles. The normalized spacial score (nSPS) is 12.1. The summed E-state index contributed by atoms with van der Waals surface area (Å²) in [6, 6.07) is 14.4. The van der Waals surface area contributed by atoms with E-state index in [1.165, 1.54) is 11.8 Å². The number of benzene rings is 2. The Bertz CT molecular complexity index is 1270. The highest BCUT2D eigenvalue weighted by Gasteiger charge is 2.18. The molecule has 9 heteroatoms. The number of H-pyrrole nitrogens is 1. The first-order chi connectivity index (χ1) is 15.0. The number of ether oxygens (including phenoxy) is 1.